The van der Waals surface area contributed by atoms with Gasteiger partial charge >= 0.3 is 0 Å². The van der Waals surface area contributed by atoms with Gasteiger partial charge in [-0.3, -0.25) is 14.9 Å². The second-order valence-corrected chi connectivity index (χ2v) is 4.59. The molecule has 0 N–H and O–H groups in total. The van der Waals surface area contributed by atoms with Crippen molar-refractivity contribution in [2.45, 2.75) is 17.9 Å². The Bertz CT molecular complexity index is 417. The molecule has 5 heteroatoms. The van der Waals surface area contributed by atoms with Crippen LogP contribution in [0.1, 0.15) is 17.9 Å². The van der Waals surface area contributed by atoms with Crippen LogP contribution in [0.2, 0.25) is 0 Å². The van der Waals surface area contributed by atoms with Crippen molar-refractivity contribution >= 4 is 22.2 Å². The molecule has 0 heterocycles. The fraction of sp³-hybridized carbons (Fsp3) is 0.300. The lowest BCUT2D eigenvalue weighted by Crippen LogP contribution is -2.25. The maximum atomic E-state index is 10.7. The van der Waals surface area contributed by atoms with Gasteiger partial charge in [-0.1, -0.05) is 28.1 Å². The first-order chi connectivity index (χ1) is 7.10. The SMILES string of the molecule is O=C[C@]1([N+](=O)[O-])C[C@@H]1c1ccc(Br)cc1. The third kappa shape index (κ3) is 1.56. The van der Waals surface area contributed by atoms with Crippen LogP contribution >= 0.6 is 15.9 Å². The largest absolute Gasteiger partial charge is 0.295 e. The molecule has 1 fully saturated rings. The number of carbonyl (C=O) groups excluding carboxylic acids is 1. The van der Waals surface area contributed by atoms with Crippen LogP contribution in [0.4, 0.5) is 0 Å². The van der Waals surface area contributed by atoms with Gasteiger partial charge in [0.2, 0.25) is 0 Å². The minimum Gasteiger partial charge on any atom is -0.295 e. The Morgan fingerprint density at radius 2 is 2.07 bits per heavy atom. The van der Waals surface area contributed by atoms with Gasteiger partial charge in [-0.25, -0.2) is 0 Å². The van der Waals surface area contributed by atoms with E-state index in [-0.39, 0.29) is 5.92 Å². The molecule has 78 valence electrons. The van der Waals surface area contributed by atoms with Crippen molar-refractivity contribution in [3.8, 4) is 0 Å². The summed E-state index contributed by atoms with van der Waals surface area (Å²) >= 11 is 3.29. The molecule has 1 aliphatic rings. The van der Waals surface area contributed by atoms with E-state index in [0.717, 1.165) is 10.0 Å². The highest BCUT2D eigenvalue weighted by atomic mass is 79.9. The smallest absolute Gasteiger partial charge is 0.284 e. The van der Waals surface area contributed by atoms with Gasteiger partial charge in [-0.15, -0.1) is 0 Å². The Balaban J connectivity index is 2.26. The molecule has 0 bridgehead atoms. The topological polar surface area (TPSA) is 60.2 Å². The fourth-order valence-corrected chi connectivity index (χ4v) is 2.01. The summed E-state index contributed by atoms with van der Waals surface area (Å²) in [5.74, 6) is -0.266. The minimum absolute atomic E-state index is 0.266. The predicted octanol–water partition coefficient (Wildman–Crippen LogP) is 2.15. The van der Waals surface area contributed by atoms with Crippen LogP contribution in [-0.4, -0.2) is 16.7 Å². The van der Waals surface area contributed by atoms with Gasteiger partial charge in [0.15, 0.2) is 6.29 Å². The van der Waals surface area contributed by atoms with Crippen LogP contribution in [-0.2, 0) is 4.79 Å². The van der Waals surface area contributed by atoms with Gasteiger partial charge in [0, 0.05) is 15.8 Å². The number of benzene rings is 1. The molecule has 1 aromatic rings. The Morgan fingerprint density at radius 3 is 2.47 bits per heavy atom. The Morgan fingerprint density at radius 1 is 1.47 bits per heavy atom. The zero-order valence-electron chi connectivity index (χ0n) is 7.72. The van der Waals surface area contributed by atoms with Crippen molar-refractivity contribution in [2.24, 2.45) is 0 Å². The van der Waals surface area contributed by atoms with E-state index in [1.807, 2.05) is 24.3 Å². The second-order valence-electron chi connectivity index (χ2n) is 3.67. The van der Waals surface area contributed by atoms with E-state index in [0.29, 0.717) is 12.7 Å². The van der Waals surface area contributed by atoms with Crippen LogP contribution in [0, 0.1) is 10.1 Å². The number of hydrogen-bond donors (Lipinski definition) is 0. The highest BCUT2D eigenvalue weighted by molar-refractivity contribution is 9.10. The summed E-state index contributed by atoms with van der Waals surface area (Å²) in [6.45, 7) is 0. The molecule has 0 unspecified atom stereocenters. The molecule has 1 aliphatic carbocycles. The first kappa shape index (κ1) is 10.3. The monoisotopic (exact) mass is 269 g/mol. The van der Waals surface area contributed by atoms with E-state index in [9.17, 15) is 14.9 Å². The van der Waals surface area contributed by atoms with Crippen LogP contribution in [0.5, 0.6) is 0 Å². The minimum atomic E-state index is -1.37. The lowest BCUT2D eigenvalue weighted by Gasteiger charge is -2.01. The zero-order chi connectivity index (χ0) is 11.1. The molecule has 0 amide bonds. The van der Waals surface area contributed by atoms with Crippen molar-refractivity contribution in [1.82, 2.24) is 0 Å². The van der Waals surface area contributed by atoms with Gasteiger partial charge in [-0.2, -0.15) is 0 Å². The van der Waals surface area contributed by atoms with Crippen molar-refractivity contribution in [1.29, 1.82) is 0 Å². The van der Waals surface area contributed by atoms with Gasteiger partial charge < -0.3 is 0 Å². The summed E-state index contributed by atoms with van der Waals surface area (Å²) < 4.78 is 0.921. The van der Waals surface area contributed by atoms with Gasteiger partial charge in [0.05, 0.1) is 5.92 Å². The third-order valence-corrected chi connectivity index (χ3v) is 3.32. The molecule has 1 saturated carbocycles. The average Bonchev–Trinajstić information content (AvgIpc) is 2.95. The number of halogens is 1. The zero-order valence-corrected chi connectivity index (χ0v) is 9.31. The first-order valence-electron chi connectivity index (χ1n) is 4.46. The van der Waals surface area contributed by atoms with Crippen molar-refractivity contribution in [2.75, 3.05) is 0 Å². The Kier molecular flexibility index (Phi) is 2.34. The molecule has 4 nitrogen and oxygen atoms in total. The number of carbonyl (C=O) groups is 1. The lowest BCUT2D eigenvalue weighted by molar-refractivity contribution is -0.521. The van der Waals surface area contributed by atoms with Crippen molar-refractivity contribution < 1.29 is 9.72 Å². The van der Waals surface area contributed by atoms with Crippen molar-refractivity contribution in [3.63, 3.8) is 0 Å². The maximum absolute atomic E-state index is 10.7. The summed E-state index contributed by atoms with van der Waals surface area (Å²) in [6.07, 6.45) is 0.769. The second kappa shape index (κ2) is 3.41. The van der Waals surface area contributed by atoms with E-state index >= 15 is 0 Å². The van der Waals surface area contributed by atoms with Gasteiger partial charge in [0.1, 0.15) is 0 Å². The lowest BCUT2D eigenvalue weighted by atomic mass is 10.1. The Hall–Kier alpha value is -1.23. The molecule has 0 aliphatic heterocycles. The van der Waals surface area contributed by atoms with E-state index in [4.69, 9.17) is 0 Å². The normalized spacial score (nSPS) is 28.5. The van der Waals surface area contributed by atoms with E-state index < -0.39 is 10.5 Å². The molecule has 1 aromatic carbocycles. The number of rotatable bonds is 3. The highest BCUT2D eigenvalue weighted by Crippen LogP contribution is 2.52. The molecule has 2 rings (SSSR count). The highest BCUT2D eigenvalue weighted by Gasteiger charge is 2.67. The standard InChI is InChI=1S/C10H8BrNO3/c11-8-3-1-7(2-4-8)9-5-10(9,6-13)12(14)15/h1-4,6,9H,5H2/t9-,10-/m1/s1. The summed E-state index contributed by atoms with van der Waals surface area (Å²) in [7, 11) is 0. The Labute approximate surface area is 94.6 Å². The molecule has 0 saturated heterocycles. The van der Waals surface area contributed by atoms with Gasteiger partial charge in [-0.05, 0) is 17.7 Å². The molecular weight excluding hydrogens is 262 g/mol. The quantitative estimate of drug-likeness (QED) is 0.480. The summed E-state index contributed by atoms with van der Waals surface area (Å²) in [5, 5.41) is 10.7. The van der Waals surface area contributed by atoms with Crippen LogP contribution in [0.25, 0.3) is 0 Å². The van der Waals surface area contributed by atoms with E-state index in [1.54, 1.807) is 0 Å². The molecule has 0 spiro atoms. The van der Waals surface area contributed by atoms with Gasteiger partial charge in [0.25, 0.3) is 5.54 Å². The predicted molar refractivity (Wildman–Crippen MR) is 57.3 cm³/mol. The van der Waals surface area contributed by atoms with Crippen LogP contribution < -0.4 is 0 Å². The molecule has 2 atom stereocenters. The molecule has 0 aromatic heterocycles. The number of hydrogen-bond acceptors (Lipinski definition) is 3. The van der Waals surface area contributed by atoms with Crippen molar-refractivity contribution in [3.05, 3.63) is 44.4 Å². The first-order valence-corrected chi connectivity index (χ1v) is 5.26. The molecular formula is C10H8BrNO3. The average molecular weight is 270 g/mol. The fourth-order valence-electron chi connectivity index (χ4n) is 1.74. The summed E-state index contributed by atoms with van der Waals surface area (Å²) in [4.78, 5) is 21.0. The van der Waals surface area contributed by atoms with E-state index in [1.165, 1.54) is 0 Å². The molecule has 15 heavy (non-hydrogen) atoms. The van der Waals surface area contributed by atoms with Crippen LogP contribution in [0.3, 0.4) is 0 Å². The summed E-state index contributed by atoms with van der Waals surface area (Å²) in [6, 6.07) is 7.26. The number of nitrogens with zero attached hydrogens (tertiary/aromatic N) is 1. The van der Waals surface area contributed by atoms with Crippen LogP contribution in [0.15, 0.2) is 28.7 Å². The number of aldehydes is 1. The summed E-state index contributed by atoms with van der Waals surface area (Å²) in [5.41, 5.74) is -0.518. The van der Waals surface area contributed by atoms with E-state index in [2.05, 4.69) is 15.9 Å². The maximum Gasteiger partial charge on any atom is 0.284 e. The third-order valence-electron chi connectivity index (χ3n) is 2.79. The molecule has 0 radical (unpaired) electrons. The number of nitro groups is 1.